The van der Waals surface area contributed by atoms with Crippen molar-refractivity contribution in [2.75, 3.05) is 25.6 Å². The first-order chi connectivity index (χ1) is 19.5. The maximum atomic E-state index is 14.1. The molecule has 4 amide bonds. The fourth-order valence-corrected chi connectivity index (χ4v) is 4.43. The third-order valence-corrected chi connectivity index (χ3v) is 6.42. The van der Waals surface area contributed by atoms with Crippen LogP contribution in [0.15, 0.2) is 54.9 Å². The highest BCUT2D eigenvalue weighted by atomic mass is 19.4. The Morgan fingerprint density at radius 2 is 1.95 bits per heavy atom. The fraction of sp³-hybridized carbons (Fsp3) is 0.346. The summed E-state index contributed by atoms with van der Waals surface area (Å²) in [5, 5.41) is 11.1. The van der Waals surface area contributed by atoms with Gasteiger partial charge in [-0.15, -0.1) is 0 Å². The highest BCUT2D eigenvalue weighted by molar-refractivity contribution is 6.00. The van der Waals surface area contributed by atoms with Gasteiger partial charge in [-0.25, -0.2) is 14.2 Å². The van der Waals surface area contributed by atoms with Crippen molar-refractivity contribution < 1.29 is 36.7 Å². The molecule has 15 heteroatoms. The molecule has 0 radical (unpaired) electrons. The van der Waals surface area contributed by atoms with Crippen molar-refractivity contribution in [3.63, 3.8) is 0 Å². The Morgan fingerprint density at radius 3 is 2.61 bits per heavy atom. The highest BCUT2D eigenvalue weighted by Gasteiger charge is 2.48. The van der Waals surface area contributed by atoms with E-state index < -0.39 is 54.5 Å². The van der Waals surface area contributed by atoms with Crippen LogP contribution in [0.25, 0.3) is 0 Å². The number of carbonyl (C=O) groups excluding carboxylic acids is 3. The number of carbonyl (C=O) groups is 3. The van der Waals surface area contributed by atoms with Gasteiger partial charge in [0.1, 0.15) is 29.4 Å². The van der Waals surface area contributed by atoms with Crippen LogP contribution in [0.5, 0.6) is 0 Å². The molecule has 1 fully saturated rings. The third-order valence-electron chi connectivity index (χ3n) is 6.42. The Balaban J connectivity index is 1.59. The van der Waals surface area contributed by atoms with Gasteiger partial charge in [0.05, 0.1) is 19.2 Å². The molecule has 3 N–H and O–H groups in total. The van der Waals surface area contributed by atoms with E-state index in [2.05, 4.69) is 20.7 Å². The Morgan fingerprint density at radius 1 is 1.17 bits per heavy atom. The van der Waals surface area contributed by atoms with E-state index in [1.54, 1.807) is 6.92 Å². The number of hydrogen-bond acceptors (Lipinski definition) is 6. The van der Waals surface area contributed by atoms with Gasteiger partial charge in [0.2, 0.25) is 0 Å². The molecule has 0 bridgehead atoms. The quantitative estimate of drug-likeness (QED) is 0.318. The number of rotatable bonds is 10. The van der Waals surface area contributed by atoms with Crippen LogP contribution in [0.4, 0.5) is 28.2 Å². The minimum Gasteiger partial charge on any atom is -0.382 e. The Hall–Kier alpha value is -4.53. The summed E-state index contributed by atoms with van der Waals surface area (Å²) >= 11 is 0. The predicted molar refractivity (Wildman–Crippen MR) is 137 cm³/mol. The molecule has 1 aliphatic rings. The van der Waals surface area contributed by atoms with E-state index in [-0.39, 0.29) is 23.7 Å². The van der Waals surface area contributed by atoms with Gasteiger partial charge >= 0.3 is 12.2 Å². The number of anilines is 1. The van der Waals surface area contributed by atoms with Crippen molar-refractivity contribution in [3.05, 3.63) is 77.5 Å². The molecule has 2 aromatic heterocycles. The summed E-state index contributed by atoms with van der Waals surface area (Å²) < 4.78 is 60.4. The van der Waals surface area contributed by atoms with E-state index in [4.69, 9.17) is 4.74 Å². The summed E-state index contributed by atoms with van der Waals surface area (Å²) in [5.74, 6) is -2.04. The molecular weight excluding hydrogens is 550 g/mol. The van der Waals surface area contributed by atoms with Gasteiger partial charge in [0.15, 0.2) is 0 Å². The van der Waals surface area contributed by atoms with Crippen LogP contribution in [0.1, 0.15) is 40.6 Å². The summed E-state index contributed by atoms with van der Waals surface area (Å²) in [5.41, 5.74) is 0.678. The summed E-state index contributed by atoms with van der Waals surface area (Å²) in [6.07, 6.45) is -1.90. The zero-order valence-corrected chi connectivity index (χ0v) is 22.0. The largest absolute Gasteiger partial charge is 0.410 e. The van der Waals surface area contributed by atoms with E-state index in [1.807, 2.05) is 5.32 Å². The van der Waals surface area contributed by atoms with Crippen LogP contribution >= 0.6 is 0 Å². The number of nitrogens with zero attached hydrogens (tertiary/aromatic N) is 4. The smallest absolute Gasteiger partial charge is 0.382 e. The summed E-state index contributed by atoms with van der Waals surface area (Å²) in [6.45, 7) is 1.40. The second-order valence-corrected chi connectivity index (χ2v) is 9.12. The zero-order chi connectivity index (χ0) is 29.7. The molecule has 11 nitrogen and oxygen atoms in total. The van der Waals surface area contributed by atoms with Gasteiger partial charge < -0.3 is 25.6 Å². The molecule has 3 aromatic rings. The Kier molecular flexibility index (Phi) is 8.86. The maximum absolute atomic E-state index is 14.1. The van der Waals surface area contributed by atoms with Gasteiger partial charge in [-0.1, -0.05) is 12.1 Å². The first-order valence-corrected chi connectivity index (χ1v) is 12.5. The lowest BCUT2D eigenvalue weighted by Gasteiger charge is -2.27. The lowest BCUT2D eigenvalue weighted by molar-refractivity contribution is -0.150. The maximum Gasteiger partial charge on any atom is 0.410 e. The lowest BCUT2D eigenvalue weighted by Crippen LogP contribution is -2.40. The van der Waals surface area contributed by atoms with Crippen LogP contribution in [0.2, 0.25) is 0 Å². The average molecular weight is 578 g/mol. The zero-order valence-electron chi connectivity index (χ0n) is 22.0. The number of hydrogen-bond donors (Lipinski definition) is 3. The van der Waals surface area contributed by atoms with Crippen LogP contribution in [0.3, 0.4) is 0 Å². The molecule has 0 spiro atoms. The summed E-state index contributed by atoms with van der Waals surface area (Å²) in [6, 6.07) is 4.22. The first-order valence-electron chi connectivity index (χ1n) is 12.5. The molecule has 0 saturated carbocycles. The number of methoxy groups -OCH3 is 1. The van der Waals surface area contributed by atoms with Gasteiger partial charge in [-0.05, 0) is 48.4 Å². The Bertz CT molecular complexity index is 1410. The van der Waals surface area contributed by atoms with Crippen molar-refractivity contribution in [1.82, 2.24) is 30.3 Å². The van der Waals surface area contributed by atoms with E-state index in [9.17, 15) is 31.9 Å². The molecule has 1 aliphatic heterocycles. The number of aromatic nitrogens is 3. The number of amides is 4. The number of nitrogens with one attached hydrogen (secondary N) is 3. The minimum absolute atomic E-state index is 0.0187. The molecular formula is C26H27F4N7O4. The number of halogens is 4. The molecule has 0 aliphatic carbocycles. The van der Waals surface area contributed by atoms with E-state index in [1.165, 1.54) is 60.6 Å². The first kappa shape index (κ1) is 29.5. The van der Waals surface area contributed by atoms with Crippen molar-refractivity contribution >= 4 is 23.7 Å². The highest BCUT2D eigenvalue weighted by Crippen LogP contribution is 2.31. The van der Waals surface area contributed by atoms with E-state index in [0.29, 0.717) is 12.1 Å². The van der Waals surface area contributed by atoms with Crippen LogP contribution in [-0.2, 0) is 16.1 Å². The summed E-state index contributed by atoms with van der Waals surface area (Å²) in [7, 11) is 1.34. The normalized spacial score (nSPS) is 16.7. The monoisotopic (exact) mass is 577 g/mol. The molecule has 1 aromatic carbocycles. The molecule has 3 heterocycles. The molecule has 1 saturated heterocycles. The van der Waals surface area contributed by atoms with Gasteiger partial charge in [0.25, 0.3) is 11.8 Å². The average Bonchev–Trinajstić information content (AvgIpc) is 3.57. The number of pyridine rings is 1. The fourth-order valence-electron chi connectivity index (χ4n) is 4.43. The molecule has 4 rings (SSSR count). The van der Waals surface area contributed by atoms with Gasteiger partial charge in [-0.3, -0.25) is 14.3 Å². The van der Waals surface area contributed by atoms with E-state index >= 15 is 0 Å². The minimum atomic E-state index is -4.63. The molecule has 218 valence electrons. The van der Waals surface area contributed by atoms with Gasteiger partial charge in [-0.2, -0.15) is 18.3 Å². The number of urea groups is 1. The van der Waals surface area contributed by atoms with Crippen molar-refractivity contribution in [2.45, 2.75) is 37.8 Å². The van der Waals surface area contributed by atoms with Gasteiger partial charge in [0, 0.05) is 26.0 Å². The standard InChI is InChI=1S/C26H27F4N7O4/c1-3-37-18(8-10-32-37)23(38)35-22(16-5-4-6-17(27)11-16)24(39)34-21-12-15(7-9-31-21)19(14-41-2)36-13-20(26(28,29)30)33-25(36)40/h4-12,19-20,22H,3,13-14H2,1-2H3,(H,33,40)(H,35,38)(H,31,34,39)/t19-,20+,22+/m1/s1. The van der Waals surface area contributed by atoms with Crippen LogP contribution < -0.4 is 16.0 Å². The lowest BCUT2D eigenvalue weighted by atomic mass is 10.0. The Labute approximate surface area is 231 Å². The predicted octanol–water partition coefficient (Wildman–Crippen LogP) is 3.19. The SMILES string of the molecule is CCn1nccc1C(=O)N[C@H](C(=O)Nc1cc([C@@H](COC)N2C[C@@H](C(F)(F)F)NC2=O)ccn1)c1cccc(F)c1. The van der Waals surface area contributed by atoms with Crippen molar-refractivity contribution in [2.24, 2.45) is 0 Å². The third kappa shape index (κ3) is 6.80. The second-order valence-electron chi connectivity index (χ2n) is 9.12. The van der Waals surface area contributed by atoms with E-state index in [0.717, 1.165) is 11.0 Å². The number of alkyl halides is 3. The van der Waals surface area contributed by atoms with Crippen molar-refractivity contribution in [3.8, 4) is 0 Å². The molecule has 3 atom stereocenters. The molecule has 0 unspecified atom stereocenters. The molecule has 41 heavy (non-hydrogen) atoms. The van der Waals surface area contributed by atoms with Crippen molar-refractivity contribution in [1.29, 1.82) is 0 Å². The van der Waals surface area contributed by atoms with Crippen LogP contribution in [0, 0.1) is 5.82 Å². The number of aryl methyl sites for hydroxylation is 1. The topological polar surface area (TPSA) is 130 Å². The second kappa shape index (κ2) is 12.3. The summed E-state index contributed by atoms with van der Waals surface area (Å²) in [4.78, 5) is 43.9. The van der Waals surface area contributed by atoms with Crippen LogP contribution in [-0.4, -0.2) is 70.0 Å². The number of benzene rings is 1. The number of ether oxygens (including phenoxy) is 1.